The van der Waals surface area contributed by atoms with E-state index in [1.54, 1.807) is 12.1 Å². The number of halogens is 2. The van der Waals surface area contributed by atoms with Gasteiger partial charge in [-0.2, -0.15) is 0 Å². The highest BCUT2D eigenvalue weighted by molar-refractivity contribution is 9.10. The minimum absolute atomic E-state index is 0.103. The summed E-state index contributed by atoms with van der Waals surface area (Å²) in [5, 5.41) is 3.50. The number of nitrogens with zero attached hydrogens (tertiary/aromatic N) is 2. The van der Waals surface area contributed by atoms with Crippen LogP contribution in [0.3, 0.4) is 0 Å². The molecule has 6 heteroatoms. The molecular formula is C14H17BrClN3O. The average Bonchev–Trinajstić information content (AvgIpc) is 2.48. The van der Waals surface area contributed by atoms with Crippen molar-refractivity contribution in [3.8, 4) is 0 Å². The van der Waals surface area contributed by atoms with Gasteiger partial charge in [-0.05, 0) is 18.2 Å². The molecule has 3 heterocycles. The van der Waals surface area contributed by atoms with Crippen molar-refractivity contribution in [3.05, 3.63) is 33.3 Å². The third-order valence-electron chi connectivity index (χ3n) is 4.06. The van der Waals surface area contributed by atoms with E-state index in [1.165, 1.54) is 0 Å². The van der Waals surface area contributed by atoms with Crippen LogP contribution in [0.2, 0.25) is 5.02 Å². The summed E-state index contributed by atoms with van der Waals surface area (Å²) in [5.41, 5.74) is 0.525. The Balaban J connectivity index is 1.61. The summed E-state index contributed by atoms with van der Waals surface area (Å²) in [4.78, 5) is 17.1. The third kappa shape index (κ3) is 3.01. The van der Waals surface area contributed by atoms with Gasteiger partial charge in [0.2, 0.25) is 0 Å². The molecule has 1 atom stereocenters. The number of carbonyl (C=O) groups excluding carboxylic acids is 1. The molecule has 20 heavy (non-hydrogen) atoms. The highest BCUT2D eigenvalue weighted by Gasteiger charge is 2.31. The van der Waals surface area contributed by atoms with E-state index in [0.29, 0.717) is 23.2 Å². The maximum Gasteiger partial charge on any atom is 0.252 e. The van der Waals surface area contributed by atoms with Crippen LogP contribution in [0.25, 0.3) is 0 Å². The van der Waals surface area contributed by atoms with Crippen molar-refractivity contribution in [2.24, 2.45) is 0 Å². The van der Waals surface area contributed by atoms with Gasteiger partial charge in [-0.3, -0.25) is 14.6 Å². The number of hydrogen-bond donors (Lipinski definition) is 1. The van der Waals surface area contributed by atoms with Crippen LogP contribution < -0.4 is 5.32 Å². The first-order valence-corrected chi connectivity index (χ1v) is 8.00. The second-order valence-corrected chi connectivity index (χ2v) is 6.65. The summed E-state index contributed by atoms with van der Waals surface area (Å²) in [5.74, 6) is -0.103. The summed E-state index contributed by atoms with van der Waals surface area (Å²) in [7, 11) is 0. The zero-order chi connectivity index (χ0) is 14.1. The summed E-state index contributed by atoms with van der Waals surface area (Å²) in [6.45, 7) is 6.25. The molecule has 3 fully saturated rings. The lowest BCUT2D eigenvalue weighted by molar-refractivity contribution is 0.0138. The standard InChI is InChI=1S/C14H17BrClN3O/c15-10-1-2-13(16)12(7-10)14(20)17-8-11-9-18-3-5-19(11)6-4-18/h1-2,7,11H,3-6,8-9H2,(H,17,20). The van der Waals surface area contributed by atoms with E-state index >= 15 is 0 Å². The number of hydrogen-bond acceptors (Lipinski definition) is 3. The summed E-state index contributed by atoms with van der Waals surface area (Å²) >= 11 is 9.44. The monoisotopic (exact) mass is 357 g/mol. The number of fused-ring (bicyclic) bond motifs is 3. The van der Waals surface area contributed by atoms with Gasteiger partial charge in [0, 0.05) is 49.8 Å². The third-order valence-corrected chi connectivity index (χ3v) is 4.89. The Kier molecular flexibility index (Phi) is 4.31. The highest BCUT2D eigenvalue weighted by atomic mass is 79.9. The molecule has 0 radical (unpaired) electrons. The van der Waals surface area contributed by atoms with Crippen molar-refractivity contribution < 1.29 is 4.79 Å². The molecule has 2 bridgehead atoms. The Hall–Kier alpha value is -0.620. The van der Waals surface area contributed by atoms with E-state index in [4.69, 9.17) is 11.6 Å². The zero-order valence-corrected chi connectivity index (χ0v) is 13.5. The number of benzene rings is 1. The molecule has 108 valence electrons. The van der Waals surface area contributed by atoms with Crippen LogP contribution >= 0.6 is 27.5 Å². The first kappa shape index (κ1) is 14.3. The molecule has 3 aliphatic heterocycles. The molecule has 1 aromatic rings. The lowest BCUT2D eigenvalue weighted by atomic mass is 10.1. The molecule has 1 unspecified atom stereocenters. The highest BCUT2D eigenvalue weighted by Crippen LogP contribution is 2.21. The molecule has 0 aromatic heterocycles. The Morgan fingerprint density at radius 1 is 1.35 bits per heavy atom. The van der Waals surface area contributed by atoms with Gasteiger partial charge in [-0.25, -0.2) is 0 Å². The second kappa shape index (κ2) is 6.02. The summed E-state index contributed by atoms with van der Waals surface area (Å²) < 4.78 is 0.860. The van der Waals surface area contributed by atoms with Crippen LogP contribution in [0.4, 0.5) is 0 Å². The predicted octanol–water partition coefficient (Wildman–Crippen LogP) is 1.83. The van der Waals surface area contributed by atoms with Crippen molar-refractivity contribution in [2.75, 3.05) is 39.3 Å². The first-order valence-electron chi connectivity index (χ1n) is 6.83. The first-order chi connectivity index (χ1) is 9.63. The molecule has 0 spiro atoms. The van der Waals surface area contributed by atoms with E-state index in [-0.39, 0.29) is 5.91 Å². The fourth-order valence-electron chi connectivity index (χ4n) is 2.90. The van der Waals surface area contributed by atoms with E-state index in [1.807, 2.05) is 6.07 Å². The number of piperazine rings is 3. The molecule has 4 rings (SSSR count). The minimum atomic E-state index is -0.103. The maximum absolute atomic E-state index is 12.2. The molecule has 1 aromatic carbocycles. The number of rotatable bonds is 3. The number of carbonyl (C=O) groups is 1. The zero-order valence-electron chi connectivity index (χ0n) is 11.1. The Bertz CT molecular complexity index is 517. The Morgan fingerprint density at radius 3 is 2.75 bits per heavy atom. The molecular weight excluding hydrogens is 342 g/mol. The normalized spacial score (nSPS) is 28.4. The summed E-state index contributed by atoms with van der Waals surface area (Å²) in [6, 6.07) is 5.75. The van der Waals surface area contributed by atoms with E-state index in [0.717, 1.165) is 37.2 Å². The fraction of sp³-hybridized carbons (Fsp3) is 0.500. The molecule has 0 saturated carbocycles. The maximum atomic E-state index is 12.2. The van der Waals surface area contributed by atoms with Crippen molar-refractivity contribution in [1.82, 2.24) is 15.1 Å². The molecule has 1 N–H and O–H groups in total. The molecule has 3 saturated heterocycles. The number of amides is 1. The van der Waals surface area contributed by atoms with Gasteiger partial charge >= 0.3 is 0 Å². The van der Waals surface area contributed by atoms with Crippen LogP contribution in [0.1, 0.15) is 10.4 Å². The van der Waals surface area contributed by atoms with Gasteiger partial charge in [0.05, 0.1) is 10.6 Å². The molecule has 4 nitrogen and oxygen atoms in total. The van der Waals surface area contributed by atoms with Gasteiger partial charge in [0.25, 0.3) is 5.91 Å². The van der Waals surface area contributed by atoms with Gasteiger partial charge < -0.3 is 5.32 Å². The van der Waals surface area contributed by atoms with Crippen molar-refractivity contribution in [1.29, 1.82) is 0 Å². The Labute approximate surface area is 132 Å². The molecule has 3 aliphatic rings. The van der Waals surface area contributed by atoms with Gasteiger partial charge in [0.1, 0.15) is 0 Å². The topological polar surface area (TPSA) is 35.6 Å². The largest absolute Gasteiger partial charge is 0.350 e. The van der Waals surface area contributed by atoms with E-state index in [9.17, 15) is 4.79 Å². The van der Waals surface area contributed by atoms with Crippen LogP contribution in [0.15, 0.2) is 22.7 Å². The lowest BCUT2D eigenvalue weighted by Gasteiger charge is -2.47. The second-order valence-electron chi connectivity index (χ2n) is 5.32. The SMILES string of the molecule is O=C(NCC1CN2CCN1CC2)c1cc(Br)ccc1Cl. The van der Waals surface area contributed by atoms with Gasteiger partial charge in [0.15, 0.2) is 0 Å². The minimum Gasteiger partial charge on any atom is -0.350 e. The van der Waals surface area contributed by atoms with Crippen LogP contribution in [0.5, 0.6) is 0 Å². The van der Waals surface area contributed by atoms with Crippen LogP contribution in [-0.2, 0) is 0 Å². The number of nitrogens with one attached hydrogen (secondary N) is 1. The van der Waals surface area contributed by atoms with E-state index in [2.05, 4.69) is 31.0 Å². The Morgan fingerprint density at radius 2 is 2.10 bits per heavy atom. The van der Waals surface area contributed by atoms with Crippen LogP contribution in [0, 0.1) is 0 Å². The summed E-state index contributed by atoms with van der Waals surface area (Å²) in [6.07, 6.45) is 0. The van der Waals surface area contributed by atoms with Crippen molar-refractivity contribution >= 4 is 33.4 Å². The van der Waals surface area contributed by atoms with Crippen molar-refractivity contribution in [3.63, 3.8) is 0 Å². The lowest BCUT2D eigenvalue weighted by Crippen LogP contribution is -2.63. The fourth-order valence-corrected chi connectivity index (χ4v) is 3.46. The average molecular weight is 359 g/mol. The predicted molar refractivity (Wildman–Crippen MR) is 83.3 cm³/mol. The molecule has 0 aliphatic carbocycles. The smallest absolute Gasteiger partial charge is 0.252 e. The van der Waals surface area contributed by atoms with Gasteiger partial charge in [-0.1, -0.05) is 27.5 Å². The molecule has 1 amide bonds. The van der Waals surface area contributed by atoms with Gasteiger partial charge in [-0.15, -0.1) is 0 Å². The van der Waals surface area contributed by atoms with Crippen molar-refractivity contribution in [2.45, 2.75) is 6.04 Å². The quantitative estimate of drug-likeness (QED) is 0.895. The van der Waals surface area contributed by atoms with E-state index < -0.39 is 0 Å². The van der Waals surface area contributed by atoms with Crippen LogP contribution in [-0.4, -0.2) is 61.0 Å².